The molecule has 4 rings (SSSR count). The predicted octanol–water partition coefficient (Wildman–Crippen LogP) is 5.43. The highest BCUT2D eigenvalue weighted by molar-refractivity contribution is 7.10. The quantitative estimate of drug-likeness (QED) is 0.502. The normalized spacial score (nSPS) is 14.8. The Morgan fingerprint density at radius 2 is 1.72 bits per heavy atom. The lowest BCUT2D eigenvalue weighted by molar-refractivity contribution is -0.141. The van der Waals surface area contributed by atoms with Gasteiger partial charge in [-0.3, -0.25) is 9.59 Å². The SMILES string of the molecule is Cc1ccc(CN(C(=O)Cc2cccs2)[C@H](C(=O)NC2CCCC2)c2ccccc2)cc1. The molecule has 1 aliphatic rings. The van der Waals surface area contributed by atoms with Crippen molar-refractivity contribution in [1.29, 1.82) is 0 Å². The summed E-state index contributed by atoms with van der Waals surface area (Å²) in [5, 5.41) is 5.22. The third-order valence-electron chi connectivity index (χ3n) is 6.08. The summed E-state index contributed by atoms with van der Waals surface area (Å²) in [5.41, 5.74) is 3.03. The van der Waals surface area contributed by atoms with Crippen LogP contribution in [0, 0.1) is 6.92 Å². The molecule has 32 heavy (non-hydrogen) atoms. The molecule has 1 heterocycles. The minimum absolute atomic E-state index is 0.0385. The Morgan fingerprint density at radius 1 is 1.00 bits per heavy atom. The van der Waals surface area contributed by atoms with Crippen molar-refractivity contribution in [2.45, 2.75) is 57.7 Å². The van der Waals surface area contributed by atoms with Crippen molar-refractivity contribution in [3.05, 3.63) is 93.7 Å². The van der Waals surface area contributed by atoms with Gasteiger partial charge >= 0.3 is 0 Å². The van der Waals surface area contributed by atoms with E-state index in [0.29, 0.717) is 13.0 Å². The van der Waals surface area contributed by atoms with Crippen LogP contribution in [0.4, 0.5) is 0 Å². The van der Waals surface area contributed by atoms with Crippen LogP contribution in [0.1, 0.15) is 53.3 Å². The molecule has 0 bridgehead atoms. The first-order valence-electron chi connectivity index (χ1n) is 11.3. The first-order chi connectivity index (χ1) is 15.6. The number of hydrogen-bond acceptors (Lipinski definition) is 3. The number of carbonyl (C=O) groups excluding carboxylic acids is 2. The predicted molar refractivity (Wildman–Crippen MR) is 129 cm³/mol. The summed E-state index contributed by atoms with van der Waals surface area (Å²) in [5.74, 6) is -0.127. The fourth-order valence-electron chi connectivity index (χ4n) is 4.34. The van der Waals surface area contributed by atoms with Gasteiger partial charge in [0.05, 0.1) is 6.42 Å². The fourth-order valence-corrected chi connectivity index (χ4v) is 5.03. The zero-order valence-electron chi connectivity index (χ0n) is 18.5. The Morgan fingerprint density at radius 3 is 2.38 bits per heavy atom. The van der Waals surface area contributed by atoms with Crippen molar-refractivity contribution < 1.29 is 9.59 Å². The Bertz CT molecular complexity index is 1010. The van der Waals surface area contributed by atoms with Crippen LogP contribution < -0.4 is 5.32 Å². The van der Waals surface area contributed by atoms with Crippen molar-refractivity contribution in [3.8, 4) is 0 Å². The Balaban J connectivity index is 1.67. The van der Waals surface area contributed by atoms with Crippen molar-refractivity contribution >= 4 is 23.2 Å². The van der Waals surface area contributed by atoms with Gasteiger partial charge in [0.15, 0.2) is 0 Å². The number of aryl methyl sites for hydroxylation is 1. The molecule has 1 aliphatic carbocycles. The number of thiophene rings is 1. The number of rotatable bonds is 8. The Kier molecular flexibility index (Phi) is 7.38. The maximum atomic E-state index is 13.6. The molecule has 1 fully saturated rings. The average Bonchev–Trinajstić information content (AvgIpc) is 3.50. The van der Waals surface area contributed by atoms with E-state index in [1.54, 1.807) is 16.2 Å². The van der Waals surface area contributed by atoms with Crippen LogP contribution in [0.25, 0.3) is 0 Å². The van der Waals surface area contributed by atoms with E-state index in [0.717, 1.165) is 41.7 Å². The van der Waals surface area contributed by atoms with Crippen molar-refractivity contribution in [3.63, 3.8) is 0 Å². The van der Waals surface area contributed by atoms with Gasteiger partial charge in [-0.25, -0.2) is 0 Å². The largest absolute Gasteiger partial charge is 0.351 e. The zero-order chi connectivity index (χ0) is 22.3. The molecule has 166 valence electrons. The second-order valence-corrected chi connectivity index (χ2v) is 9.60. The van der Waals surface area contributed by atoms with Gasteiger partial charge in [-0.2, -0.15) is 0 Å². The minimum Gasteiger partial charge on any atom is -0.351 e. The maximum absolute atomic E-state index is 13.6. The molecular weight excluding hydrogens is 416 g/mol. The van der Waals surface area contributed by atoms with Gasteiger partial charge in [0.1, 0.15) is 6.04 Å². The Labute approximate surface area is 194 Å². The minimum atomic E-state index is -0.662. The number of benzene rings is 2. The summed E-state index contributed by atoms with van der Waals surface area (Å²) in [6.45, 7) is 2.44. The van der Waals surface area contributed by atoms with E-state index in [2.05, 4.69) is 5.32 Å². The number of amides is 2. The third-order valence-corrected chi connectivity index (χ3v) is 6.95. The first-order valence-corrected chi connectivity index (χ1v) is 12.2. The van der Waals surface area contributed by atoms with E-state index >= 15 is 0 Å². The highest BCUT2D eigenvalue weighted by atomic mass is 32.1. The van der Waals surface area contributed by atoms with Crippen molar-refractivity contribution in [2.24, 2.45) is 0 Å². The number of nitrogens with zero attached hydrogens (tertiary/aromatic N) is 1. The van der Waals surface area contributed by atoms with Gasteiger partial charge in [0.2, 0.25) is 11.8 Å². The van der Waals surface area contributed by atoms with E-state index in [4.69, 9.17) is 0 Å². The first kappa shape index (κ1) is 22.3. The molecule has 4 nitrogen and oxygen atoms in total. The smallest absolute Gasteiger partial charge is 0.247 e. The van der Waals surface area contributed by atoms with Gasteiger partial charge in [-0.05, 0) is 42.3 Å². The maximum Gasteiger partial charge on any atom is 0.247 e. The van der Waals surface area contributed by atoms with E-state index in [1.807, 2.05) is 79.0 Å². The van der Waals surface area contributed by atoms with Crippen LogP contribution in [0.15, 0.2) is 72.1 Å². The van der Waals surface area contributed by atoms with Crippen LogP contribution in [-0.2, 0) is 22.6 Å². The number of hydrogen-bond donors (Lipinski definition) is 1. The molecule has 5 heteroatoms. The lowest BCUT2D eigenvalue weighted by Gasteiger charge is -2.32. The standard InChI is InChI=1S/C27H30N2O2S/c1-20-13-15-21(16-14-20)19-29(25(30)18-24-12-7-17-32-24)26(22-8-3-2-4-9-22)27(31)28-23-10-5-6-11-23/h2-4,7-9,12-17,23,26H,5-6,10-11,18-19H2,1H3,(H,28,31)/t26-/m0/s1. The number of nitrogens with one attached hydrogen (secondary N) is 1. The van der Waals surface area contributed by atoms with E-state index in [-0.39, 0.29) is 17.9 Å². The lowest BCUT2D eigenvalue weighted by atomic mass is 10.0. The zero-order valence-corrected chi connectivity index (χ0v) is 19.3. The molecule has 0 radical (unpaired) electrons. The van der Waals surface area contributed by atoms with Gasteiger partial charge in [-0.1, -0.05) is 79.1 Å². The van der Waals surface area contributed by atoms with Crippen molar-refractivity contribution in [1.82, 2.24) is 10.2 Å². The summed E-state index contributed by atoms with van der Waals surface area (Å²) in [6, 6.07) is 21.3. The highest BCUT2D eigenvalue weighted by Crippen LogP contribution is 2.27. The molecule has 1 saturated carbocycles. The van der Waals surface area contributed by atoms with E-state index in [1.165, 1.54) is 5.56 Å². The topological polar surface area (TPSA) is 49.4 Å². The second-order valence-electron chi connectivity index (χ2n) is 8.57. The van der Waals surface area contributed by atoms with Crippen LogP contribution >= 0.6 is 11.3 Å². The fraction of sp³-hybridized carbons (Fsp3) is 0.333. The van der Waals surface area contributed by atoms with Gasteiger partial charge in [0, 0.05) is 17.5 Å². The van der Waals surface area contributed by atoms with E-state index in [9.17, 15) is 9.59 Å². The molecule has 1 N–H and O–H groups in total. The van der Waals surface area contributed by atoms with Gasteiger partial charge < -0.3 is 10.2 Å². The van der Waals surface area contributed by atoms with Gasteiger partial charge in [-0.15, -0.1) is 11.3 Å². The average molecular weight is 447 g/mol. The van der Waals surface area contributed by atoms with Gasteiger partial charge in [0.25, 0.3) is 0 Å². The van der Waals surface area contributed by atoms with E-state index < -0.39 is 6.04 Å². The molecule has 2 aromatic carbocycles. The monoisotopic (exact) mass is 446 g/mol. The summed E-state index contributed by atoms with van der Waals surface area (Å²) >= 11 is 1.57. The lowest BCUT2D eigenvalue weighted by Crippen LogP contribution is -2.46. The van der Waals surface area contributed by atoms with Crippen LogP contribution in [0.5, 0.6) is 0 Å². The van der Waals surface area contributed by atoms with Crippen LogP contribution in [-0.4, -0.2) is 22.8 Å². The molecule has 1 atom stereocenters. The summed E-state index contributed by atoms with van der Waals surface area (Å²) in [7, 11) is 0. The number of carbonyl (C=O) groups is 2. The van der Waals surface area contributed by atoms with Crippen LogP contribution in [0.3, 0.4) is 0 Å². The highest BCUT2D eigenvalue weighted by Gasteiger charge is 2.33. The summed E-state index contributed by atoms with van der Waals surface area (Å²) in [6.07, 6.45) is 4.60. The van der Waals surface area contributed by atoms with Crippen molar-refractivity contribution in [2.75, 3.05) is 0 Å². The molecule has 0 spiro atoms. The second kappa shape index (κ2) is 10.6. The molecule has 3 aromatic rings. The molecule has 0 saturated heterocycles. The van der Waals surface area contributed by atoms with Crippen LogP contribution in [0.2, 0.25) is 0 Å². The molecule has 1 aromatic heterocycles. The third kappa shape index (κ3) is 5.65. The molecule has 0 aliphatic heterocycles. The molecule has 2 amide bonds. The molecular formula is C27H30N2O2S. The molecule has 0 unspecified atom stereocenters. The summed E-state index contributed by atoms with van der Waals surface area (Å²) in [4.78, 5) is 29.9. The summed E-state index contributed by atoms with van der Waals surface area (Å²) < 4.78 is 0. The Hall–Kier alpha value is -2.92.